The lowest BCUT2D eigenvalue weighted by atomic mass is 9.99. The smallest absolute Gasteiger partial charge is 0.196 e. The summed E-state index contributed by atoms with van der Waals surface area (Å²) in [4.78, 5) is 11.9. The topological polar surface area (TPSA) is 26.3 Å². The van der Waals surface area contributed by atoms with Crippen LogP contribution in [0.5, 0.6) is 5.75 Å². The van der Waals surface area contributed by atoms with Crippen LogP contribution in [-0.4, -0.2) is 18.0 Å². The molecular weight excluding hydrogens is 256 g/mol. The van der Waals surface area contributed by atoms with Crippen molar-refractivity contribution in [1.82, 2.24) is 0 Å². The Morgan fingerprint density at radius 3 is 2.58 bits per heavy atom. The fourth-order valence-corrected chi connectivity index (χ4v) is 2.71. The van der Waals surface area contributed by atoms with E-state index < -0.39 is 0 Å². The highest BCUT2D eigenvalue weighted by atomic mass is 32.2. The summed E-state index contributed by atoms with van der Waals surface area (Å²) in [5.41, 5.74) is 1.07. The summed E-state index contributed by atoms with van der Waals surface area (Å²) in [6.07, 6.45) is 0. The van der Waals surface area contributed by atoms with Crippen molar-refractivity contribution < 1.29 is 9.53 Å². The van der Waals surface area contributed by atoms with E-state index in [0.717, 1.165) is 27.8 Å². The molecule has 0 radical (unpaired) electrons. The van der Waals surface area contributed by atoms with Crippen LogP contribution in [-0.2, 0) is 4.79 Å². The van der Waals surface area contributed by atoms with E-state index in [1.54, 1.807) is 7.11 Å². The van der Waals surface area contributed by atoms with Crippen molar-refractivity contribution in [3.63, 3.8) is 0 Å². The predicted octanol–water partition coefficient (Wildman–Crippen LogP) is 4.23. The molecule has 2 rings (SSSR count). The molecule has 0 aromatic heterocycles. The molecule has 0 saturated heterocycles. The molecule has 0 aliphatic heterocycles. The van der Waals surface area contributed by atoms with Gasteiger partial charge in [0.25, 0.3) is 0 Å². The highest BCUT2D eigenvalue weighted by Gasteiger charge is 2.15. The Kier molecular flexibility index (Phi) is 4.48. The fraction of sp³-hybridized carbons (Fsp3) is 0.312. The van der Waals surface area contributed by atoms with Gasteiger partial charge in [-0.15, -0.1) is 0 Å². The Morgan fingerprint density at radius 2 is 1.89 bits per heavy atom. The molecule has 100 valence electrons. The van der Waals surface area contributed by atoms with E-state index in [1.165, 1.54) is 11.8 Å². The molecule has 3 heteroatoms. The third-order valence-electron chi connectivity index (χ3n) is 3.21. The van der Waals surface area contributed by atoms with Gasteiger partial charge in [-0.3, -0.25) is 4.79 Å². The number of carbonyl (C=O) groups is 1. The van der Waals surface area contributed by atoms with E-state index in [2.05, 4.69) is 6.07 Å². The van der Waals surface area contributed by atoms with E-state index in [9.17, 15) is 4.79 Å². The summed E-state index contributed by atoms with van der Waals surface area (Å²) in [5, 5.41) is 2.50. The maximum Gasteiger partial charge on any atom is 0.196 e. The summed E-state index contributed by atoms with van der Waals surface area (Å²) >= 11 is 1.39. The zero-order valence-electron chi connectivity index (χ0n) is 11.5. The molecular formula is C16H18O2S. The van der Waals surface area contributed by atoms with Gasteiger partial charge >= 0.3 is 0 Å². The average molecular weight is 274 g/mol. The van der Waals surface area contributed by atoms with Crippen molar-refractivity contribution in [3.8, 4) is 5.75 Å². The van der Waals surface area contributed by atoms with Crippen LogP contribution in [0.3, 0.4) is 0 Å². The van der Waals surface area contributed by atoms with Gasteiger partial charge in [0.1, 0.15) is 5.75 Å². The van der Waals surface area contributed by atoms with Gasteiger partial charge in [0.05, 0.1) is 13.0 Å². The minimum Gasteiger partial charge on any atom is -0.497 e. The second-order valence-corrected chi connectivity index (χ2v) is 5.71. The van der Waals surface area contributed by atoms with Crippen molar-refractivity contribution in [2.24, 2.45) is 0 Å². The fourth-order valence-electron chi connectivity index (χ4n) is 2.04. The van der Waals surface area contributed by atoms with Crippen LogP contribution in [0, 0.1) is 0 Å². The minimum absolute atomic E-state index is 0.0588. The molecule has 0 aliphatic carbocycles. The van der Waals surface area contributed by atoms with Crippen molar-refractivity contribution in [2.45, 2.75) is 19.8 Å². The SMILES string of the molecule is CCSC(=O)[C@H](C)c1ccc2cc(OC)ccc2c1. The summed E-state index contributed by atoms with van der Waals surface area (Å²) < 4.78 is 5.21. The van der Waals surface area contributed by atoms with Crippen LogP contribution in [0.2, 0.25) is 0 Å². The van der Waals surface area contributed by atoms with Crippen LogP contribution in [0.4, 0.5) is 0 Å². The largest absolute Gasteiger partial charge is 0.497 e. The number of hydrogen-bond acceptors (Lipinski definition) is 3. The van der Waals surface area contributed by atoms with Crippen LogP contribution in [0.1, 0.15) is 25.3 Å². The van der Waals surface area contributed by atoms with Gasteiger partial charge in [0.15, 0.2) is 5.12 Å². The maximum atomic E-state index is 11.9. The summed E-state index contributed by atoms with van der Waals surface area (Å²) in [7, 11) is 1.66. The number of methoxy groups -OCH3 is 1. The molecule has 2 nitrogen and oxygen atoms in total. The van der Waals surface area contributed by atoms with Gasteiger partial charge in [-0.1, -0.05) is 49.9 Å². The van der Waals surface area contributed by atoms with Crippen molar-refractivity contribution in [2.75, 3.05) is 12.9 Å². The third kappa shape index (κ3) is 3.10. The van der Waals surface area contributed by atoms with Crippen molar-refractivity contribution in [1.29, 1.82) is 0 Å². The van der Waals surface area contributed by atoms with Gasteiger partial charge in [0, 0.05) is 0 Å². The predicted molar refractivity (Wildman–Crippen MR) is 82.1 cm³/mol. The van der Waals surface area contributed by atoms with Gasteiger partial charge in [0.2, 0.25) is 0 Å². The Hall–Kier alpha value is -1.48. The van der Waals surface area contributed by atoms with Crippen LogP contribution in [0.15, 0.2) is 36.4 Å². The van der Waals surface area contributed by atoms with Crippen molar-refractivity contribution >= 4 is 27.6 Å². The normalized spacial score (nSPS) is 12.4. The maximum absolute atomic E-state index is 11.9. The summed E-state index contributed by atoms with van der Waals surface area (Å²) in [5.74, 6) is 1.62. The Balaban J connectivity index is 2.33. The van der Waals surface area contributed by atoms with Crippen LogP contribution >= 0.6 is 11.8 Å². The van der Waals surface area contributed by atoms with Crippen LogP contribution < -0.4 is 4.74 Å². The Labute approximate surface area is 118 Å². The van der Waals surface area contributed by atoms with E-state index >= 15 is 0 Å². The van der Waals surface area contributed by atoms with E-state index in [4.69, 9.17) is 4.74 Å². The molecule has 2 aromatic carbocycles. The number of hydrogen-bond donors (Lipinski definition) is 0. The number of fused-ring (bicyclic) bond motifs is 1. The Bertz CT molecular complexity index is 592. The zero-order chi connectivity index (χ0) is 13.8. The second kappa shape index (κ2) is 6.11. The first-order valence-electron chi connectivity index (χ1n) is 6.40. The molecule has 0 unspecified atom stereocenters. The second-order valence-electron chi connectivity index (χ2n) is 4.45. The van der Waals surface area contributed by atoms with Crippen molar-refractivity contribution in [3.05, 3.63) is 42.0 Å². The molecule has 0 spiro atoms. The monoisotopic (exact) mass is 274 g/mol. The first-order chi connectivity index (χ1) is 9.15. The molecule has 0 aliphatic rings. The molecule has 0 saturated carbocycles. The lowest BCUT2D eigenvalue weighted by Gasteiger charge is -2.11. The van der Waals surface area contributed by atoms with E-state index in [0.29, 0.717) is 0 Å². The molecule has 0 bridgehead atoms. The quantitative estimate of drug-likeness (QED) is 0.834. The van der Waals surface area contributed by atoms with Gasteiger partial charge in [-0.05, 0) is 34.2 Å². The molecule has 19 heavy (non-hydrogen) atoms. The highest BCUT2D eigenvalue weighted by molar-refractivity contribution is 8.13. The van der Waals surface area contributed by atoms with Gasteiger partial charge in [-0.25, -0.2) is 0 Å². The standard InChI is InChI=1S/C16H18O2S/c1-4-19-16(17)11(2)12-5-6-14-10-15(18-3)8-7-13(14)9-12/h5-11H,4H2,1-3H3/t11-/m1/s1. The zero-order valence-corrected chi connectivity index (χ0v) is 12.3. The highest BCUT2D eigenvalue weighted by Crippen LogP contribution is 2.27. The number of rotatable bonds is 4. The third-order valence-corrected chi connectivity index (χ3v) is 4.14. The first-order valence-corrected chi connectivity index (χ1v) is 7.38. The molecule has 0 N–H and O–H groups in total. The molecule has 0 heterocycles. The average Bonchev–Trinajstić information content (AvgIpc) is 2.45. The summed E-state index contributed by atoms with van der Waals surface area (Å²) in [6, 6.07) is 12.1. The van der Waals surface area contributed by atoms with Gasteiger partial charge < -0.3 is 4.74 Å². The van der Waals surface area contributed by atoms with E-state index in [-0.39, 0.29) is 11.0 Å². The lowest BCUT2D eigenvalue weighted by molar-refractivity contribution is -0.111. The number of carbonyl (C=O) groups excluding carboxylic acids is 1. The minimum atomic E-state index is -0.0588. The molecule has 1 atom stereocenters. The van der Waals surface area contributed by atoms with Gasteiger partial charge in [-0.2, -0.15) is 0 Å². The van der Waals surface area contributed by atoms with Crippen LogP contribution in [0.25, 0.3) is 10.8 Å². The first kappa shape index (κ1) is 13.9. The molecule has 0 amide bonds. The number of thioether (sulfide) groups is 1. The lowest BCUT2D eigenvalue weighted by Crippen LogP contribution is -2.05. The number of benzene rings is 2. The molecule has 0 fully saturated rings. The number of ether oxygens (including phenoxy) is 1. The Morgan fingerprint density at radius 1 is 1.21 bits per heavy atom. The van der Waals surface area contributed by atoms with E-state index in [1.807, 2.05) is 44.2 Å². The summed E-state index contributed by atoms with van der Waals surface area (Å²) in [6.45, 7) is 3.97. The molecule has 2 aromatic rings.